The van der Waals surface area contributed by atoms with Gasteiger partial charge < -0.3 is 59.8 Å². The van der Waals surface area contributed by atoms with Crippen LogP contribution in [0.1, 0.15) is 0 Å². The highest BCUT2D eigenvalue weighted by atomic mass is 16.7. The number of aliphatic hydroxyl groups excluding tert-OH is 4. The van der Waals surface area contributed by atoms with Crippen molar-refractivity contribution in [2.45, 2.75) is 30.7 Å². The van der Waals surface area contributed by atoms with E-state index in [9.17, 15) is 50.8 Å². The molecule has 182 valence electrons. The summed E-state index contributed by atoms with van der Waals surface area (Å²) in [6.45, 7) is -0.710. The van der Waals surface area contributed by atoms with Gasteiger partial charge in [-0.05, 0) is 18.2 Å². The number of aliphatic hydroxyl groups is 4. The first-order valence-electron chi connectivity index (χ1n) is 9.78. The van der Waals surface area contributed by atoms with Gasteiger partial charge in [-0.25, -0.2) is 0 Å². The number of aromatic hydroxyl groups is 5. The Morgan fingerprint density at radius 3 is 2.09 bits per heavy atom. The smallest absolute Gasteiger partial charge is 0.235 e. The van der Waals surface area contributed by atoms with E-state index in [-0.39, 0.29) is 16.5 Å². The molecule has 0 amide bonds. The SMILES string of the molecule is O=c1c(O)c(-c2cc(O)c(O)c(O)c2)oc2cc(OC3OC(CO)C(O)C(O)[C@H]3O)c(O)cc12. The van der Waals surface area contributed by atoms with E-state index in [1.165, 1.54) is 0 Å². The standard InChI is InChI=1S/C21H20O13/c22-5-13-16(28)17(29)19(31)21(34-13)33-12-4-11-7(3-8(12)23)14(26)18(30)20(32-11)6-1-9(24)15(27)10(25)2-6/h1-4,13,16-17,19,21-25,27-31H,5H2/t13?,16?,17?,19-,21?/m1/s1. The molecule has 3 aromatic rings. The first-order valence-corrected chi connectivity index (χ1v) is 9.78. The van der Waals surface area contributed by atoms with Crippen LogP contribution in [0, 0.1) is 0 Å². The molecule has 2 heterocycles. The Labute approximate surface area is 189 Å². The average molecular weight is 480 g/mol. The van der Waals surface area contributed by atoms with Crippen molar-refractivity contribution in [3.8, 4) is 45.8 Å². The number of fused-ring (bicyclic) bond motifs is 1. The summed E-state index contributed by atoms with van der Waals surface area (Å²) < 4.78 is 16.1. The van der Waals surface area contributed by atoms with Crippen LogP contribution in [0.4, 0.5) is 0 Å². The molecule has 2 aromatic carbocycles. The first-order chi connectivity index (χ1) is 16.0. The van der Waals surface area contributed by atoms with Gasteiger partial charge in [0, 0.05) is 11.6 Å². The zero-order valence-corrected chi connectivity index (χ0v) is 17.1. The molecule has 0 saturated carbocycles. The summed E-state index contributed by atoms with van der Waals surface area (Å²) >= 11 is 0. The van der Waals surface area contributed by atoms with Crippen molar-refractivity contribution < 1.29 is 59.8 Å². The topological polar surface area (TPSA) is 231 Å². The van der Waals surface area contributed by atoms with Gasteiger partial charge in [0.05, 0.1) is 12.0 Å². The third-order valence-corrected chi connectivity index (χ3v) is 5.37. The molecule has 0 radical (unpaired) electrons. The highest BCUT2D eigenvalue weighted by Crippen LogP contribution is 2.42. The van der Waals surface area contributed by atoms with E-state index in [1.54, 1.807) is 0 Å². The lowest BCUT2D eigenvalue weighted by atomic mass is 9.99. The third kappa shape index (κ3) is 3.81. The number of phenolic OH excluding ortho intramolecular Hbond substituents is 4. The molecule has 13 heteroatoms. The molecule has 13 nitrogen and oxygen atoms in total. The van der Waals surface area contributed by atoms with Crippen LogP contribution in [0.5, 0.6) is 34.5 Å². The normalized spacial score (nSPS) is 24.9. The second-order valence-corrected chi connectivity index (χ2v) is 7.60. The van der Waals surface area contributed by atoms with Gasteiger partial charge in [-0.1, -0.05) is 0 Å². The first kappa shape index (κ1) is 23.4. The molecule has 0 spiro atoms. The second kappa shape index (κ2) is 8.55. The fourth-order valence-electron chi connectivity index (χ4n) is 3.52. The maximum Gasteiger partial charge on any atom is 0.235 e. The lowest BCUT2D eigenvalue weighted by molar-refractivity contribution is -0.277. The quantitative estimate of drug-likeness (QED) is 0.208. The van der Waals surface area contributed by atoms with Crippen molar-refractivity contribution in [2.24, 2.45) is 0 Å². The Morgan fingerprint density at radius 1 is 0.824 bits per heavy atom. The van der Waals surface area contributed by atoms with Crippen LogP contribution in [-0.4, -0.2) is 83.3 Å². The molecule has 1 aliphatic rings. The summed E-state index contributed by atoms with van der Waals surface area (Å²) in [7, 11) is 0. The minimum atomic E-state index is -1.78. The zero-order valence-electron chi connectivity index (χ0n) is 17.1. The summed E-state index contributed by atoms with van der Waals surface area (Å²) in [6, 6.07) is 3.75. The van der Waals surface area contributed by atoms with Crippen molar-refractivity contribution in [1.29, 1.82) is 0 Å². The van der Waals surface area contributed by atoms with E-state index >= 15 is 0 Å². The molecule has 1 aliphatic heterocycles. The van der Waals surface area contributed by atoms with E-state index in [0.29, 0.717) is 0 Å². The van der Waals surface area contributed by atoms with Crippen LogP contribution in [0.2, 0.25) is 0 Å². The summed E-state index contributed by atoms with van der Waals surface area (Å²) in [4.78, 5) is 12.6. The summed E-state index contributed by atoms with van der Waals surface area (Å²) in [5.41, 5.74) is -1.41. The van der Waals surface area contributed by atoms with Gasteiger partial charge in [-0.3, -0.25) is 4.79 Å². The van der Waals surface area contributed by atoms with E-state index in [0.717, 1.165) is 24.3 Å². The highest BCUT2D eigenvalue weighted by Gasteiger charge is 2.45. The lowest BCUT2D eigenvalue weighted by Gasteiger charge is -2.39. The molecule has 0 aliphatic carbocycles. The van der Waals surface area contributed by atoms with Crippen LogP contribution >= 0.6 is 0 Å². The summed E-state index contributed by atoms with van der Waals surface area (Å²) in [6.07, 6.45) is -8.07. The Hall–Kier alpha value is -3.75. The molecule has 9 N–H and O–H groups in total. The molecule has 1 fully saturated rings. The van der Waals surface area contributed by atoms with Crippen molar-refractivity contribution in [2.75, 3.05) is 6.61 Å². The molecule has 1 aromatic heterocycles. The van der Waals surface area contributed by atoms with Gasteiger partial charge in [-0.2, -0.15) is 0 Å². The van der Waals surface area contributed by atoms with Crippen molar-refractivity contribution >= 4 is 11.0 Å². The van der Waals surface area contributed by atoms with Crippen molar-refractivity contribution in [3.05, 3.63) is 34.5 Å². The molecule has 0 bridgehead atoms. The van der Waals surface area contributed by atoms with Crippen molar-refractivity contribution in [3.63, 3.8) is 0 Å². The lowest BCUT2D eigenvalue weighted by Crippen LogP contribution is -2.60. The maximum absolute atomic E-state index is 12.6. The maximum atomic E-state index is 12.6. The Bertz CT molecular complexity index is 1280. The van der Waals surface area contributed by atoms with Crippen LogP contribution in [0.15, 0.2) is 33.5 Å². The third-order valence-electron chi connectivity index (χ3n) is 5.37. The molecule has 34 heavy (non-hydrogen) atoms. The predicted molar refractivity (Wildman–Crippen MR) is 111 cm³/mol. The summed E-state index contributed by atoms with van der Waals surface area (Å²) in [5.74, 6) is -4.78. The fraction of sp³-hybridized carbons (Fsp3) is 0.286. The van der Waals surface area contributed by atoms with Gasteiger partial charge in [0.25, 0.3) is 0 Å². The number of ether oxygens (including phenoxy) is 2. The van der Waals surface area contributed by atoms with E-state index < -0.39 is 83.0 Å². The molecule has 1 saturated heterocycles. The van der Waals surface area contributed by atoms with E-state index in [1.807, 2.05) is 0 Å². The van der Waals surface area contributed by atoms with E-state index in [4.69, 9.17) is 13.9 Å². The Balaban J connectivity index is 1.78. The van der Waals surface area contributed by atoms with E-state index in [2.05, 4.69) is 0 Å². The molecule has 5 atom stereocenters. The zero-order chi connectivity index (χ0) is 24.9. The molecule has 4 unspecified atom stereocenters. The number of benzene rings is 2. The predicted octanol–water partition coefficient (Wildman–Crippen LogP) is -0.833. The summed E-state index contributed by atoms with van der Waals surface area (Å²) in [5, 5.41) is 88.5. The Morgan fingerprint density at radius 2 is 1.47 bits per heavy atom. The fourth-order valence-corrected chi connectivity index (χ4v) is 3.52. The molecule has 4 rings (SSSR count). The van der Waals surface area contributed by atoms with Crippen LogP contribution < -0.4 is 10.2 Å². The molecular weight excluding hydrogens is 460 g/mol. The van der Waals surface area contributed by atoms with Gasteiger partial charge in [-0.15, -0.1) is 0 Å². The van der Waals surface area contributed by atoms with Crippen LogP contribution in [0.25, 0.3) is 22.3 Å². The monoisotopic (exact) mass is 480 g/mol. The average Bonchev–Trinajstić information content (AvgIpc) is 2.80. The van der Waals surface area contributed by atoms with Crippen LogP contribution in [0.3, 0.4) is 0 Å². The largest absolute Gasteiger partial charge is 0.504 e. The Kier molecular flexibility index (Phi) is 5.89. The van der Waals surface area contributed by atoms with Gasteiger partial charge in [0.1, 0.15) is 30.0 Å². The van der Waals surface area contributed by atoms with Gasteiger partial charge in [0.2, 0.25) is 17.5 Å². The number of phenols is 4. The minimum Gasteiger partial charge on any atom is -0.504 e. The van der Waals surface area contributed by atoms with Crippen LogP contribution in [-0.2, 0) is 4.74 Å². The second-order valence-electron chi connectivity index (χ2n) is 7.60. The number of hydrogen-bond donors (Lipinski definition) is 9. The minimum absolute atomic E-state index is 0.172. The highest BCUT2D eigenvalue weighted by molar-refractivity contribution is 5.85. The van der Waals surface area contributed by atoms with Crippen molar-refractivity contribution in [1.82, 2.24) is 0 Å². The van der Waals surface area contributed by atoms with Gasteiger partial charge in [0.15, 0.2) is 34.5 Å². The number of hydrogen-bond acceptors (Lipinski definition) is 13. The number of rotatable bonds is 4. The molecular formula is C21H20O13. The van der Waals surface area contributed by atoms with Gasteiger partial charge >= 0.3 is 0 Å².